The number of benzene rings is 6. The monoisotopic (exact) mass is 475 g/mol. The summed E-state index contributed by atoms with van der Waals surface area (Å²) in [6.45, 7) is 0. The van der Waals surface area contributed by atoms with Crippen LogP contribution in [-0.2, 0) is 0 Å². The topological polar surface area (TPSA) is 87.8 Å². The Morgan fingerprint density at radius 1 is 0.351 bits per heavy atom. The van der Waals surface area contributed by atoms with Crippen LogP contribution in [0, 0.1) is 0 Å². The number of H-pyrrole nitrogens is 3. The van der Waals surface area contributed by atoms with E-state index in [1.807, 2.05) is 12.1 Å². The average molecular weight is 476 g/mol. The largest absolute Gasteiger partial charge is 0.507 e. The third kappa shape index (κ3) is 1.82. The van der Waals surface area contributed by atoms with Crippen molar-refractivity contribution in [3.63, 3.8) is 0 Å². The summed E-state index contributed by atoms with van der Waals surface area (Å²) in [7, 11) is 0. The van der Waals surface area contributed by atoms with Crippen molar-refractivity contribution < 1.29 is 10.2 Å². The molecule has 0 bridgehead atoms. The smallest absolute Gasteiger partial charge is 0.124 e. The number of aromatic hydroxyl groups is 2. The number of phenols is 2. The molecular formula is C32H17N3O2. The van der Waals surface area contributed by atoms with Crippen LogP contribution in [0.3, 0.4) is 0 Å². The average Bonchev–Trinajstić information content (AvgIpc) is 3.60. The molecule has 37 heavy (non-hydrogen) atoms. The summed E-state index contributed by atoms with van der Waals surface area (Å²) in [6, 6.07) is 24.3. The molecule has 7 aromatic carbocycles. The van der Waals surface area contributed by atoms with Crippen LogP contribution in [0.2, 0.25) is 0 Å². The van der Waals surface area contributed by atoms with Crippen molar-refractivity contribution in [3.8, 4) is 11.5 Å². The SMILES string of the molecule is Oc1ccc2[nH]c3c4ccccc4c4[nH]c5c6ccccc6c6[nH]c7ccc(O)c8c1c2c3c4c5c6c78. The van der Waals surface area contributed by atoms with E-state index in [4.69, 9.17) is 0 Å². The van der Waals surface area contributed by atoms with E-state index in [1.165, 1.54) is 0 Å². The van der Waals surface area contributed by atoms with Gasteiger partial charge in [-0.05, 0) is 24.3 Å². The molecule has 5 nitrogen and oxygen atoms in total. The third-order valence-corrected chi connectivity index (χ3v) is 8.57. The Kier molecular flexibility index (Phi) is 2.76. The summed E-state index contributed by atoms with van der Waals surface area (Å²) < 4.78 is 0. The van der Waals surface area contributed by atoms with E-state index in [0.717, 1.165) is 87.0 Å². The van der Waals surface area contributed by atoms with Crippen LogP contribution in [-0.4, -0.2) is 25.2 Å². The van der Waals surface area contributed by atoms with E-state index < -0.39 is 0 Å². The highest BCUT2D eigenvalue weighted by atomic mass is 16.3. The fraction of sp³-hybridized carbons (Fsp3) is 0. The quantitative estimate of drug-likeness (QED) is 0.153. The van der Waals surface area contributed by atoms with Gasteiger partial charge in [-0.3, -0.25) is 0 Å². The lowest BCUT2D eigenvalue weighted by molar-refractivity contribution is 0.477. The summed E-state index contributed by atoms with van der Waals surface area (Å²) in [5.74, 6) is 0.311. The molecule has 172 valence electrons. The number of nitrogens with one attached hydrogen (secondary N) is 3. The van der Waals surface area contributed by atoms with Crippen molar-refractivity contribution >= 4 is 97.7 Å². The zero-order chi connectivity index (χ0) is 24.2. The van der Waals surface area contributed by atoms with Gasteiger partial charge in [0.25, 0.3) is 0 Å². The van der Waals surface area contributed by atoms with Crippen molar-refractivity contribution in [2.45, 2.75) is 0 Å². The first kappa shape index (κ1) is 18.2. The number of hydrogen-bond acceptors (Lipinski definition) is 2. The Labute approximate surface area is 207 Å². The number of hydrogen-bond donors (Lipinski definition) is 5. The van der Waals surface area contributed by atoms with Crippen LogP contribution in [0.25, 0.3) is 97.7 Å². The predicted octanol–water partition coefficient (Wildman–Crippen LogP) is 8.34. The fourth-order valence-corrected chi connectivity index (χ4v) is 7.21. The Morgan fingerprint density at radius 2 is 0.703 bits per heavy atom. The van der Waals surface area contributed by atoms with E-state index in [2.05, 4.69) is 63.5 Å². The maximum atomic E-state index is 11.4. The fourth-order valence-electron chi connectivity index (χ4n) is 7.21. The van der Waals surface area contributed by atoms with Crippen LogP contribution in [0.1, 0.15) is 0 Å². The summed E-state index contributed by atoms with van der Waals surface area (Å²) in [5, 5.41) is 34.9. The molecular weight excluding hydrogens is 458 g/mol. The van der Waals surface area contributed by atoms with E-state index in [1.54, 1.807) is 12.1 Å². The number of aromatic nitrogens is 3. The Hall–Kier alpha value is -5.16. The maximum absolute atomic E-state index is 11.4. The molecule has 3 aromatic heterocycles. The lowest BCUT2D eigenvalue weighted by atomic mass is 9.91. The minimum atomic E-state index is 0.155. The highest BCUT2D eigenvalue weighted by Crippen LogP contribution is 2.53. The molecule has 0 spiro atoms. The van der Waals surface area contributed by atoms with Crippen molar-refractivity contribution in [1.82, 2.24) is 15.0 Å². The van der Waals surface area contributed by atoms with E-state index in [9.17, 15) is 10.2 Å². The van der Waals surface area contributed by atoms with Gasteiger partial charge in [-0.2, -0.15) is 0 Å². The van der Waals surface area contributed by atoms with Gasteiger partial charge >= 0.3 is 0 Å². The number of phenolic OH excluding ortho intramolecular Hbond substituents is 2. The molecule has 0 aliphatic heterocycles. The lowest BCUT2D eigenvalue weighted by Crippen LogP contribution is -1.83. The first-order valence-electron chi connectivity index (χ1n) is 12.4. The van der Waals surface area contributed by atoms with Crippen molar-refractivity contribution in [2.24, 2.45) is 0 Å². The number of rotatable bonds is 0. The number of aromatic amines is 3. The zero-order valence-corrected chi connectivity index (χ0v) is 19.3. The highest BCUT2D eigenvalue weighted by Gasteiger charge is 2.27. The molecule has 10 rings (SSSR count). The normalized spacial score (nSPS) is 13.1. The van der Waals surface area contributed by atoms with Crippen LogP contribution < -0.4 is 0 Å². The molecule has 0 saturated heterocycles. The first-order valence-corrected chi connectivity index (χ1v) is 12.4. The Balaban J connectivity index is 1.79. The van der Waals surface area contributed by atoms with Crippen LogP contribution in [0.4, 0.5) is 0 Å². The molecule has 0 aliphatic carbocycles. The second kappa shape index (κ2) is 5.63. The second-order valence-electron chi connectivity index (χ2n) is 10.2. The van der Waals surface area contributed by atoms with Crippen LogP contribution in [0.5, 0.6) is 11.5 Å². The molecule has 10 aromatic rings. The van der Waals surface area contributed by atoms with Gasteiger partial charge in [-0.15, -0.1) is 0 Å². The van der Waals surface area contributed by atoms with E-state index in [-0.39, 0.29) is 11.5 Å². The lowest BCUT2D eigenvalue weighted by Gasteiger charge is -2.11. The van der Waals surface area contributed by atoms with Crippen LogP contribution in [0.15, 0.2) is 72.8 Å². The summed E-state index contributed by atoms with van der Waals surface area (Å²) in [5.41, 5.74) is 6.12. The standard InChI is InChI=1S/C32H17N3O2/c36-19-11-9-17-21-23(19)24-20(37)12-10-18-22(24)26-28-27-25(21)29(33-17)13-5-1-3-7-15(13)31(27)35-32(28)16-8-4-2-6-14(16)30(26)34-18/h1-12,33-37H. The molecule has 0 unspecified atom stereocenters. The van der Waals surface area contributed by atoms with Gasteiger partial charge < -0.3 is 25.2 Å². The molecule has 3 heterocycles. The first-order chi connectivity index (χ1) is 18.2. The van der Waals surface area contributed by atoms with Gasteiger partial charge in [0, 0.05) is 75.7 Å². The molecule has 0 amide bonds. The molecule has 0 radical (unpaired) electrons. The van der Waals surface area contributed by atoms with Crippen molar-refractivity contribution in [2.75, 3.05) is 0 Å². The zero-order valence-electron chi connectivity index (χ0n) is 19.3. The van der Waals surface area contributed by atoms with Crippen LogP contribution >= 0.6 is 0 Å². The van der Waals surface area contributed by atoms with Gasteiger partial charge in [-0.25, -0.2) is 0 Å². The summed E-state index contributed by atoms with van der Waals surface area (Å²) in [4.78, 5) is 11.2. The molecule has 0 atom stereocenters. The summed E-state index contributed by atoms with van der Waals surface area (Å²) in [6.07, 6.45) is 0. The molecule has 5 heteroatoms. The minimum Gasteiger partial charge on any atom is -0.507 e. The maximum Gasteiger partial charge on any atom is 0.124 e. The molecule has 5 N–H and O–H groups in total. The van der Waals surface area contributed by atoms with Gasteiger partial charge in [-0.1, -0.05) is 48.5 Å². The minimum absolute atomic E-state index is 0.155. The Morgan fingerprint density at radius 3 is 1.11 bits per heavy atom. The molecule has 0 saturated carbocycles. The number of fused-ring (bicyclic) bond motifs is 7. The van der Waals surface area contributed by atoms with Gasteiger partial charge in [0.05, 0.1) is 22.1 Å². The predicted molar refractivity (Wildman–Crippen MR) is 153 cm³/mol. The van der Waals surface area contributed by atoms with E-state index >= 15 is 0 Å². The van der Waals surface area contributed by atoms with Gasteiger partial charge in [0.15, 0.2) is 0 Å². The van der Waals surface area contributed by atoms with Crippen molar-refractivity contribution in [3.05, 3.63) is 72.8 Å². The van der Waals surface area contributed by atoms with Crippen molar-refractivity contribution in [1.29, 1.82) is 0 Å². The third-order valence-electron chi connectivity index (χ3n) is 8.57. The Bertz CT molecular complexity index is 2420. The molecule has 0 fully saturated rings. The van der Waals surface area contributed by atoms with E-state index in [0.29, 0.717) is 10.8 Å². The molecule has 0 aliphatic rings. The summed E-state index contributed by atoms with van der Waals surface area (Å²) >= 11 is 0. The van der Waals surface area contributed by atoms with Gasteiger partial charge in [0.2, 0.25) is 0 Å². The second-order valence-corrected chi connectivity index (χ2v) is 10.2. The highest BCUT2D eigenvalue weighted by molar-refractivity contribution is 6.48. The van der Waals surface area contributed by atoms with Gasteiger partial charge in [0.1, 0.15) is 11.5 Å².